The molecule has 0 aromatic heterocycles. The third-order valence-electron chi connectivity index (χ3n) is 3.14. The predicted molar refractivity (Wildman–Crippen MR) is 78.1 cm³/mol. The summed E-state index contributed by atoms with van der Waals surface area (Å²) in [7, 11) is -3.08. The van der Waals surface area contributed by atoms with Gasteiger partial charge >= 0.3 is 8.80 Å². The fourth-order valence-electron chi connectivity index (χ4n) is 1.83. The van der Waals surface area contributed by atoms with Crippen molar-refractivity contribution in [3.8, 4) is 0 Å². The minimum Gasteiger partial charge on any atom is -0.394 e. The van der Waals surface area contributed by atoms with Crippen LogP contribution in [0.5, 0.6) is 0 Å². The molecule has 0 amide bonds. The summed E-state index contributed by atoms with van der Waals surface area (Å²) in [5.41, 5.74) is -0.0195. The summed E-state index contributed by atoms with van der Waals surface area (Å²) in [6.07, 6.45) is 0.582. The van der Waals surface area contributed by atoms with E-state index in [1.807, 2.05) is 13.8 Å². The maximum absolute atomic E-state index is 10.3. The lowest BCUT2D eigenvalue weighted by Crippen LogP contribution is -2.46. The number of aliphatic hydroxyl groups excluding tert-OH is 1. The van der Waals surface area contributed by atoms with Crippen LogP contribution in [-0.4, -0.2) is 77.7 Å². The highest BCUT2D eigenvalue weighted by Crippen LogP contribution is 2.22. The van der Waals surface area contributed by atoms with E-state index in [0.29, 0.717) is 52.7 Å². The smallest absolute Gasteiger partial charge is 0.394 e. The van der Waals surface area contributed by atoms with Crippen molar-refractivity contribution < 1.29 is 33.0 Å². The molecule has 2 unspecified atom stereocenters. The second-order valence-corrected chi connectivity index (χ2v) is 8.17. The monoisotopic (exact) mass is 324 g/mol. The van der Waals surface area contributed by atoms with Gasteiger partial charge in [-0.3, -0.25) is 0 Å². The van der Waals surface area contributed by atoms with Crippen LogP contribution in [-0.2, 0) is 23.1 Å². The Morgan fingerprint density at radius 1 is 1.10 bits per heavy atom. The molecule has 2 atom stereocenters. The molecule has 0 bridgehead atoms. The van der Waals surface area contributed by atoms with E-state index in [1.165, 1.54) is 0 Å². The number of hydrogen-bond acceptors (Lipinski definition) is 7. The van der Waals surface area contributed by atoms with Crippen molar-refractivity contribution in [3.05, 3.63) is 0 Å². The highest BCUT2D eigenvalue weighted by molar-refractivity contribution is 6.60. The van der Waals surface area contributed by atoms with Crippen LogP contribution in [0.2, 0.25) is 5.54 Å². The molecule has 7 nitrogen and oxygen atoms in total. The van der Waals surface area contributed by atoms with Crippen LogP contribution in [0.3, 0.4) is 0 Å². The summed E-state index contributed by atoms with van der Waals surface area (Å²) < 4.78 is 27.3. The maximum atomic E-state index is 10.3. The van der Waals surface area contributed by atoms with E-state index in [0.717, 1.165) is 0 Å². The Bertz CT molecular complexity index is 267. The quantitative estimate of drug-likeness (QED) is 0.486. The molecular formula is C13H28O7Si. The van der Waals surface area contributed by atoms with Crippen LogP contribution in [0.4, 0.5) is 0 Å². The van der Waals surface area contributed by atoms with Crippen LogP contribution in [0.15, 0.2) is 0 Å². The summed E-state index contributed by atoms with van der Waals surface area (Å²) in [6, 6.07) is 0. The van der Waals surface area contributed by atoms with Gasteiger partial charge in [-0.05, 0) is 6.42 Å². The van der Waals surface area contributed by atoms with Gasteiger partial charge in [0.05, 0.1) is 52.4 Å². The molecule has 0 spiro atoms. The average molecular weight is 324 g/mol. The van der Waals surface area contributed by atoms with Crippen LogP contribution < -0.4 is 0 Å². The zero-order valence-electron chi connectivity index (χ0n) is 13.0. The molecule has 21 heavy (non-hydrogen) atoms. The van der Waals surface area contributed by atoms with Gasteiger partial charge < -0.3 is 33.0 Å². The van der Waals surface area contributed by atoms with Crippen LogP contribution in [0.1, 0.15) is 20.3 Å². The second kappa shape index (κ2) is 10.6. The number of rotatable bonds is 8. The van der Waals surface area contributed by atoms with E-state index < -0.39 is 8.80 Å². The molecule has 126 valence electrons. The van der Waals surface area contributed by atoms with Gasteiger partial charge in [-0.2, -0.15) is 0 Å². The molecule has 0 radical (unpaired) electrons. The van der Waals surface area contributed by atoms with Crippen molar-refractivity contribution in [1.29, 1.82) is 0 Å². The van der Waals surface area contributed by atoms with Crippen molar-refractivity contribution in [2.75, 3.05) is 52.9 Å². The SMILES string of the molecule is CC(C)[Si]1(O)OCCOC(COCCOCCO)CCO1. The molecule has 1 rings (SSSR count). The van der Waals surface area contributed by atoms with Gasteiger partial charge in [0.1, 0.15) is 0 Å². The Labute approximate surface area is 127 Å². The molecule has 1 aliphatic rings. The molecule has 0 aromatic rings. The topological polar surface area (TPSA) is 86.6 Å². The van der Waals surface area contributed by atoms with Crippen molar-refractivity contribution in [2.24, 2.45) is 0 Å². The van der Waals surface area contributed by atoms with Crippen molar-refractivity contribution in [1.82, 2.24) is 0 Å². The van der Waals surface area contributed by atoms with Gasteiger partial charge in [-0.15, -0.1) is 0 Å². The van der Waals surface area contributed by atoms with E-state index in [9.17, 15) is 4.80 Å². The standard InChI is InChI=1S/C13H28O7Si/c1-12(2)21(15)19-5-3-13(18-9-10-20-21)11-17-8-7-16-6-4-14/h12-15H,3-11H2,1-2H3. The summed E-state index contributed by atoms with van der Waals surface area (Å²) in [5.74, 6) is 0. The first-order chi connectivity index (χ1) is 10.1. The molecule has 1 heterocycles. The third-order valence-corrected chi connectivity index (χ3v) is 5.83. The fourth-order valence-corrected chi connectivity index (χ4v) is 3.36. The lowest BCUT2D eigenvalue weighted by molar-refractivity contribution is -0.0417. The van der Waals surface area contributed by atoms with Crippen molar-refractivity contribution in [3.63, 3.8) is 0 Å². The van der Waals surface area contributed by atoms with E-state index in [4.69, 9.17) is 28.2 Å². The third kappa shape index (κ3) is 7.66. The summed E-state index contributed by atoms with van der Waals surface area (Å²) in [4.78, 5) is 10.3. The highest BCUT2D eigenvalue weighted by atomic mass is 28.4. The molecular weight excluding hydrogens is 296 g/mol. The van der Waals surface area contributed by atoms with Crippen LogP contribution in [0.25, 0.3) is 0 Å². The summed E-state index contributed by atoms with van der Waals surface area (Å²) >= 11 is 0. The van der Waals surface area contributed by atoms with E-state index in [2.05, 4.69) is 0 Å². The Morgan fingerprint density at radius 2 is 1.81 bits per heavy atom. The predicted octanol–water partition coefficient (Wildman–Crippen LogP) is 0.175. The number of ether oxygens (including phenoxy) is 3. The fraction of sp³-hybridized carbons (Fsp3) is 1.00. The van der Waals surface area contributed by atoms with Crippen LogP contribution in [0, 0.1) is 0 Å². The second-order valence-electron chi connectivity index (χ2n) is 5.17. The molecule has 0 aromatic carbocycles. The van der Waals surface area contributed by atoms with Gasteiger partial charge in [0.15, 0.2) is 0 Å². The molecule has 1 fully saturated rings. The Balaban J connectivity index is 2.22. The molecule has 0 saturated carbocycles. The van der Waals surface area contributed by atoms with E-state index >= 15 is 0 Å². The molecule has 2 N–H and O–H groups in total. The average Bonchev–Trinajstić information content (AvgIpc) is 2.54. The Hall–Kier alpha value is -0.0631. The van der Waals surface area contributed by atoms with Crippen LogP contribution >= 0.6 is 0 Å². The molecule has 0 aliphatic carbocycles. The number of hydrogen-bond donors (Lipinski definition) is 2. The van der Waals surface area contributed by atoms with Gasteiger partial charge in [-0.1, -0.05) is 13.8 Å². The summed E-state index contributed by atoms with van der Waals surface area (Å²) in [6.45, 7) is 6.66. The minimum absolute atomic E-state index is 0.0195. The largest absolute Gasteiger partial charge is 0.501 e. The molecule has 1 saturated heterocycles. The van der Waals surface area contributed by atoms with Crippen molar-refractivity contribution >= 4 is 8.80 Å². The maximum Gasteiger partial charge on any atom is 0.501 e. The van der Waals surface area contributed by atoms with E-state index in [-0.39, 0.29) is 18.3 Å². The highest BCUT2D eigenvalue weighted by Gasteiger charge is 2.41. The Morgan fingerprint density at radius 3 is 2.52 bits per heavy atom. The first-order valence-electron chi connectivity index (χ1n) is 7.46. The number of aliphatic hydroxyl groups is 1. The molecule has 8 heteroatoms. The van der Waals surface area contributed by atoms with Gasteiger partial charge in [0.2, 0.25) is 0 Å². The normalized spacial score (nSPS) is 28.1. The van der Waals surface area contributed by atoms with E-state index in [1.54, 1.807) is 0 Å². The zero-order chi connectivity index (χ0) is 15.6. The van der Waals surface area contributed by atoms with Gasteiger partial charge in [-0.25, -0.2) is 0 Å². The molecule has 1 aliphatic heterocycles. The first kappa shape index (κ1) is 19.0. The van der Waals surface area contributed by atoms with Crippen molar-refractivity contribution in [2.45, 2.75) is 31.9 Å². The zero-order valence-corrected chi connectivity index (χ0v) is 14.0. The minimum atomic E-state index is -3.08. The van der Waals surface area contributed by atoms with Gasteiger partial charge in [0.25, 0.3) is 0 Å². The first-order valence-corrected chi connectivity index (χ1v) is 9.31. The van der Waals surface area contributed by atoms with Gasteiger partial charge in [0, 0.05) is 12.1 Å². The lowest BCUT2D eigenvalue weighted by atomic mass is 10.3. The lowest BCUT2D eigenvalue weighted by Gasteiger charge is -2.26. The summed E-state index contributed by atoms with van der Waals surface area (Å²) in [5, 5.41) is 8.56. The Kier molecular flexibility index (Phi) is 9.61.